The Morgan fingerprint density at radius 1 is 1.04 bits per heavy atom. The van der Waals surface area contributed by atoms with E-state index in [1.165, 1.54) is 63.9 Å². The van der Waals surface area contributed by atoms with Crippen LogP contribution in [0.25, 0.3) is 0 Å². The van der Waals surface area contributed by atoms with E-state index in [1.54, 1.807) is 12.1 Å². The molecule has 0 radical (unpaired) electrons. The highest BCUT2D eigenvalue weighted by atomic mass is 35.5. The minimum absolute atomic E-state index is 0.144. The maximum Gasteiger partial charge on any atom is 0.143 e. The van der Waals surface area contributed by atoms with E-state index < -0.39 is 5.82 Å². The Balaban J connectivity index is 1.43. The van der Waals surface area contributed by atoms with Gasteiger partial charge in [0.1, 0.15) is 5.82 Å². The van der Waals surface area contributed by atoms with Gasteiger partial charge in [0.25, 0.3) is 0 Å². The van der Waals surface area contributed by atoms with Crippen molar-refractivity contribution in [3.8, 4) is 11.8 Å². The Bertz CT molecular complexity index is 665. The quantitative estimate of drug-likeness (QED) is 0.484. The second-order valence-electron chi connectivity index (χ2n) is 8.12. The molecule has 2 aliphatic rings. The first-order valence-electron chi connectivity index (χ1n) is 10.3. The highest BCUT2D eigenvalue weighted by molar-refractivity contribution is 6.30. The molecule has 1 aromatic carbocycles. The summed E-state index contributed by atoms with van der Waals surface area (Å²) in [7, 11) is 0. The van der Waals surface area contributed by atoms with Crippen molar-refractivity contribution >= 4 is 11.6 Å². The molecule has 0 bridgehead atoms. The molecule has 0 N–H and O–H groups in total. The number of allylic oxidation sites excluding steroid dienone is 2. The van der Waals surface area contributed by atoms with Crippen molar-refractivity contribution in [1.29, 1.82) is 0 Å². The van der Waals surface area contributed by atoms with Gasteiger partial charge in [0.2, 0.25) is 0 Å². The monoisotopic (exact) mass is 372 g/mol. The maximum absolute atomic E-state index is 13.4. The lowest BCUT2D eigenvalue weighted by Gasteiger charge is -2.37. The van der Waals surface area contributed by atoms with Crippen LogP contribution in [0.3, 0.4) is 0 Å². The molecule has 0 aromatic heterocycles. The largest absolute Gasteiger partial charge is 0.205 e. The van der Waals surface area contributed by atoms with E-state index in [2.05, 4.69) is 24.8 Å². The first kappa shape index (κ1) is 19.5. The second kappa shape index (κ2) is 9.61. The van der Waals surface area contributed by atoms with Crippen molar-refractivity contribution in [1.82, 2.24) is 0 Å². The summed E-state index contributed by atoms with van der Waals surface area (Å²) in [6.07, 6.45) is 16.8. The summed E-state index contributed by atoms with van der Waals surface area (Å²) in [5, 5.41) is 0.144. The van der Waals surface area contributed by atoms with Gasteiger partial charge < -0.3 is 0 Å². The van der Waals surface area contributed by atoms with Gasteiger partial charge in [-0.2, -0.15) is 0 Å². The number of hydrogen-bond donors (Lipinski definition) is 0. The summed E-state index contributed by atoms with van der Waals surface area (Å²) < 4.78 is 13.4. The van der Waals surface area contributed by atoms with E-state index in [-0.39, 0.29) is 5.02 Å². The number of halogens is 2. The molecule has 2 aliphatic carbocycles. The molecule has 0 nitrogen and oxygen atoms in total. The lowest BCUT2D eigenvalue weighted by atomic mass is 9.69. The van der Waals surface area contributed by atoms with Crippen molar-refractivity contribution < 1.29 is 4.39 Å². The Labute approximate surface area is 163 Å². The minimum Gasteiger partial charge on any atom is -0.205 e. The summed E-state index contributed by atoms with van der Waals surface area (Å²) in [4.78, 5) is 0. The van der Waals surface area contributed by atoms with Crippen LogP contribution in [0, 0.1) is 41.3 Å². The standard InChI is InChI=1S/C24H30ClF/c1-2-18-7-12-21(13-8-18)22-14-9-19(10-15-22)5-3-4-6-20-11-16-23(25)24(26)17-20/h3,5,11,16-19,21-22H,2,7-10,12-15H2,1H3/b5-3+/t18-,19?,21-,22?. The zero-order valence-corrected chi connectivity index (χ0v) is 16.6. The molecule has 2 saturated carbocycles. The lowest BCUT2D eigenvalue weighted by molar-refractivity contribution is 0.154. The van der Waals surface area contributed by atoms with Crippen molar-refractivity contribution in [2.75, 3.05) is 0 Å². The average molecular weight is 373 g/mol. The van der Waals surface area contributed by atoms with Gasteiger partial charge in [0.15, 0.2) is 0 Å². The highest BCUT2D eigenvalue weighted by Gasteiger charge is 2.29. The van der Waals surface area contributed by atoms with Crippen LogP contribution in [0.4, 0.5) is 4.39 Å². The first-order valence-corrected chi connectivity index (χ1v) is 10.7. The predicted molar refractivity (Wildman–Crippen MR) is 109 cm³/mol. The number of benzene rings is 1. The van der Waals surface area contributed by atoms with Crippen LogP contribution in [0.15, 0.2) is 30.4 Å². The second-order valence-corrected chi connectivity index (χ2v) is 8.53. The molecule has 140 valence electrons. The van der Waals surface area contributed by atoms with E-state index in [0.29, 0.717) is 11.5 Å². The molecule has 0 saturated heterocycles. The molecule has 3 rings (SSSR count). The topological polar surface area (TPSA) is 0 Å². The van der Waals surface area contributed by atoms with Gasteiger partial charge in [-0.15, -0.1) is 0 Å². The first-order chi connectivity index (χ1) is 12.7. The summed E-state index contributed by atoms with van der Waals surface area (Å²) >= 11 is 5.69. The average Bonchev–Trinajstić information content (AvgIpc) is 2.68. The van der Waals surface area contributed by atoms with Crippen LogP contribution >= 0.6 is 11.6 Å². The van der Waals surface area contributed by atoms with Crippen LogP contribution in [-0.2, 0) is 0 Å². The normalized spacial score (nSPS) is 29.3. The highest BCUT2D eigenvalue weighted by Crippen LogP contribution is 2.42. The third-order valence-corrected chi connectivity index (χ3v) is 6.85. The van der Waals surface area contributed by atoms with Crippen LogP contribution in [0.5, 0.6) is 0 Å². The third kappa shape index (κ3) is 5.37. The van der Waals surface area contributed by atoms with E-state index in [9.17, 15) is 4.39 Å². The minimum atomic E-state index is -0.409. The third-order valence-electron chi connectivity index (χ3n) is 6.54. The molecule has 0 atom stereocenters. The molecule has 26 heavy (non-hydrogen) atoms. The van der Waals surface area contributed by atoms with Crippen molar-refractivity contribution in [3.05, 3.63) is 46.8 Å². The molecule has 0 aliphatic heterocycles. The Kier molecular flexibility index (Phi) is 7.21. The van der Waals surface area contributed by atoms with Crippen LogP contribution in [0.2, 0.25) is 5.02 Å². The molecule has 0 unspecified atom stereocenters. The molecule has 0 spiro atoms. The van der Waals surface area contributed by atoms with E-state index in [0.717, 1.165) is 17.8 Å². The molecule has 2 fully saturated rings. The van der Waals surface area contributed by atoms with Gasteiger partial charge in [-0.25, -0.2) is 4.39 Å². The molecular formula is C24H30ClF. The predicted octanol–water partition coefficient (Wildman–Crippen LogP) is 7.41. The van der Waals surface area contributed by atoms with E-state index in [1.807, 2.05) is 6.08 Å². The summed E-state index contributed by atoms with van der Waals surface area (Å²) in [6.45, 7) is 2.34. The van der Waals surface area contributed by atoms with E-state index >= 15 is 0 Å². The zero-order chi connectivity index (χ0) is 18.4. The number of rotatable bonds is 3. The fraction of sp³-hybridized carbons (Fsp3) is 0.583. The number of hydrogen-bond acceptors (Lipinski definition) is 0. The van der Waals surface area contributed by atoms with Crippen molar-refractivity contribution in [2.45, 2.75) is 64.7 Å². The van der Waals surface area contributed by atoms with Gasteiger partial charge in [-0.3, -0.25) is 0 Å². The summed E-state index contributed by atoms with van der Waals surface area (Å²) in [5.41, 5.74) is 0.669. The fourth-order valence-electron chi connectivity index (χ4n) is 4.76. The van der Waals surface area contributed by atoms with Crippen LogP contribution in [-0.4, -0.2) is 0 Å². The Morgan fingerprint density at radius 2 is 1.69 bits per heavy atom. The van der Waals surface area contributed by atoms with Crippen molar-refractivity contribution in [3.63, 3.8) is 0 Å². The molecule has 0 amide bonds. The Hall–Kier alpha value is -1.26. The van der Waals surface area contributed by atoms with Gasteiger partial charge in [0, 0.05) is 5.56 Å². The van der Waals surface area contributed by atoms with Gasteiger partial charge >= 0.3 is 0 Å². The van der Waals surface area contributed by atoms with Crippen molar-refractivity contribution in [2.24, 2.45) is 23.7 Å². The van der Waals surface area contributed by atoms with E-state index in [4.69, 9.17) is 11.6 Å². The summed E-state index contributed by atoms with van der Waals surface area (Å²) in [6, 6.07) is 4.70. The molecule has 2 heteroatoms. The van der Waals surface area contributed by atoms with Crippen LogP contribution < -0.4 is 0 Å². The van der Waals surface area contributed by atoms with Crippen LogP contribution in [0.1, 0.15) is 70.3 Å². The Morgan fingerprint density at radius 3 is 2.31 bits per heavy atom. The van der Waals surface area contributed by atoms with Gasteiger partial charge in [0.05, 0.1) is 5.02 Å². The summed E-state index contributed by atoms with van der Waals surface area (Å²) in [5.74, 6) is 9.23. The molecule has 1 aromatic rings. The lowest BCUT2D eigenvalue weighted by Crippen LogP contribution is -2.25. The fourth-order valence-corrected chi connectivity index (χ4v) is 4.88. The smallest absolute Gasteiger partial charge is 0.143 e. The van der Waals surface area contributed by atoms with Gasteiger partial charge in [-0.05, 0) is 86.5 Å². The maximum atomic E-state index is 13.4. The molecular weight excluding hydrogens is 343 g/mol. The SMILES string of the molecule is CC[C@H]1CC[C@H](C2CCC(/C=C/C#Cc3ccc(Cl)c(F)c3)CC2)CC1. The zero-order valence-electron chi connectivity index (χ0n) is 15.8. The molecule has 0 heterocycles. The van der Waals surface area contributed by atoms with Gasteiger partial charge in [-0.1, -0.05) is 55.7 Å².